The highest BCUT2D eigenvalue weighted by molar-refractivity contribution is 6.35. The third-order valence-corrected chi connectivity index (χ3v) is 4.37. The lowest BCUT2D eigenvalue weighted by Crippen LogP contribution is -2.19. The van der Waals surface area contributed by atoms with Crippen LogP contribution in [0.3, 0.4) is 0 Å². The molecule has 0 saturated carbocycles. The van der Waals surface area contributed by atoms with Gasteiger partial charge >= 0.3 is 0 Å². The van der Waals surface area contributed by atoms with E-state index in [1.165, 1.54) is 0 Å². The topological polar surface area (TPSA) is 72.0 Å². The van der Waals surface area contributed by atoms with Gasteiger partial charge in [0.1, 0.15) is 0 Å². The smallest absolute Gasteiger partial charge is 0.244 e. The predicted octanol–water partition coefficient (Wildman–Crippen LogP) is 3.42. The number of halogens is 2. The molecule has 24 heavy (non-hydrogen) atoms. The largest absolute Gasteiger partial charge is 0.376 e. The van der Waals surface area contributed by atoms with Crippen molar-refractivity contribution in [2.45, 2.75) is 25.4 Å². The molecule has 2 heterocycles. The SMILES string of the molecule is Clc1ccc(CCNc2nncc(NCC3CCCO3)n2)c(Cl)c1. The second kappa shape index (κ2) is 8.46. The van der Waals surface area contributed by atoms with Gasteiger partial charge < -0.3 is 15.4 Å². The van der Waals surface area contributed by atoms with Gasteiger partial charge in [0.2, 0.25) is 5.95 Å². The quantitative estimate of drug-likeness (QED) is 0.780. The molecule has 2 aromatic rings. The van der Waals surface area contributed by atoms with Gasteiger partial charge in [-0.2, -0.15) is 10.1 Å². The van der Waals surface area contributed by atoms with Crippen molar-refractivity contribution in [3.8, 4) is 0 Å². The van der Waals surface area contributed by atoms with Crippen LogP contribution in [0.2, 0.25) is 10.0 Å². The molecular weight excluding hydrogens is 349 g/mol. The molecule has 1 aliphatic rings. The maximum absolute atomic E-state index is 6.16. The number of aromatic nitrogens is 3. The van der Waals surface area contributed by atoms with Gasteiger partial charge in [0.15, 0.2) is 5.82 Å². The lowest BCUT2D eigenvalue weighted by atomic mass is 10.1. The van der Waals surface area contributed by atoms with Crippen LogP contribution < -0.4 is 10.6 Å². The zero-order chi connectivity index (χ0) is 16.8. The van der Waals surface area contributed by atoms with E-state index in [4.69, 9.17) is 27.9 Å². The number of ether oxygens (including phenoxy) is 1. The van der Waals surface area contributed by atoms with Crippen molar-refractivity contribution in [2.24, 2.45) is 0 Å². The second-order valence-corrected chi connectivity index (χ2v) is 6.44. The molecule has 0 amide bonds. The average molecular weight is 368 g/mol. The minimum Gasteiger partial charge on any atom is -0.376 e. The Morgan fingerprint density at radius 2 is 2.17 bits per heavy atom. The third kappa shape index (κ3) is 4.93. The predicted molar refractivity (Wildman–Crippen MR) is 95.9 cm³/mol. The summed E-state index contributed by atoms with van der Waals surface area (Å²) in [6, 6.07) is 5.49. The van der Waals surface area contributed by atoms with Crippen LogP contribution in [0.5, 0.6) is 0 Å². The fourth-order valence-electron chi connectivity index (χ4n) is 2.52. The molecule has 1 atom stereocenters. The Morgan fingerprint density at radius 1 is 1.25 bits per heavy atom. The van der Waals surface area contributed by atoms with E-state index in [-0.39, 0.29) is 6.10 Å². The standard InChI is InChI=1S/C16H19Cl2N5O/c17-12-4-3-11(14(18)8-12)5-6-19-16-22-15(10-21-23-16)20-9-13-2-1-7-24-13/h3-4,8,10,13H,1-2,5-7,9H2,(H2,19,20,22,23). The van der Waals surface area contributed by atoms with Gasteiger partial charge in [0, 0.05) is 29.7 Å². The minimum absolute atomic E-state index is 0.253. The molecule has 0 aliphatic carbocycles. The molecule has 0 spiro atoms. The van der Waals surface area contributed by atoms with Crippen LogP contribution in [0.15, 0.2) is 24.4 Å². The molecular formula is C16H19Cl2N5O. The van der Waals surface area contributed by atoms with Gasteiger partial charge in [-0.15, -0.1) is 5.10 Å². The molecule has 0 bridgehead atoms. The Kier molecular flexibility index (Phi) is 6.07. The fraction of sp³-hybridized carbons (Fsp3) is 0.438. The van der Waals surface area contributed by atoms with Crippen molar-refractivity contribution >= 4 is 35.0 Å². The zero-order valence-corrected chi connectivity index (χ0v) is 14.6. The number of anilines is 2. The number of hydrogen-bond donors (Lipinski definition) is 2. The maximum Gasteiger partial charge on any atom is 0.244 e. The monoisotopic (exact) mass is 367 g/mol. The Morgan fingerprint density at radius 3 is 2.96 bits per heavy atom. The summed E-state index contributed by atoms with van der Waals surface area (Å²) in [6.07, 6.45) is 4.80. The molecule has 3 rings (SSSR count). The van der Waals surface area contributed by atoms with E-state index >= 15 is 0 Å². The van der Waals surface area contributed by atoms with E-state index in [1.54, 1.807) is 12.3 Å². The first kappa shape index (κ1) is 17.2. The Labute approximate surface area is 150 Å². The van der Waals surface area contributed by atoms with Crippen molar-refractivity contribution in [3.63, 3.8) is 0 Å². The Bertz CT molecular complexity index is 679. The lowest BCUT2D eigenvalue weighted by Gasteiger charge is -2.11. The number of nitrogens with zero attached hydrogens (tertiary/aromatic N) is 3. The number of hydrogen-bond acceptors (Lipinski definition) is 6. The van der Waals surface area contributed by atoms with Crippen molar-refractivity contribution in [1.82, 2.24) is 15.2 Å². The highest BCUT2D eigenvalue weighted by Gasteiger charge is 2.15. The molecule has 6 nitrogen and oxygen atoms in total. The van der Waals surface area contributed by atoms with E-state index in [0.717, 1.165) is 38.0 Å². The molecule has 1 aromatic carbocycles. The van der Waals surface area contributed by atoms with Gasteiger partial charge in [-0.25, -0.2) is 0 Å². The van der Waals surface area contributed by atoms with Gasteiger partial charge in [-0.05, 0) is 37.0 Å². The fourth-order valence-corrected chi connectivity index (χ4v) is 3.02. The van der Waals surface area contributed by atoms with Crippen LogP contribution in [0, 0.1) is 0 Å². The maximum atomic E-state index is 6.16. The van der Waals surface area contributed by atoms with Crippen LogP contribution >= 0.6 is 23.2 Å². The van der Waals surface area contributed by atoms with E-state index in [2.05, 4.69) is 25.8 Å². The van der Waals surface area contributed by atoms with Gasteiger partial charge in [0.25, 0.3) is 0 Å². The molecule has 1 fully saturated rings. The first-order chi connectivity index (χ1) is 11.7. The van der Waals surface area contributed by atoms with Crippen molar-refractivity contribution in [2.75, 3.05) is 30.3 Å². The Balaban J connectivity index is 1.48. The van der Waals surface area contributed by atoms with E-state index < -0.39 is 0 Å². The van der Waals surface area contributed by atoms with Crippen LogP contribution in [-0.4, -0.2) is 41.0 Å². The summed E-state index contributed by atoms with van der Waals surface area (Å²) in [6.45, 7) is 2.23. The van der Waals surface area contributed by atoms with Gasteiger partial charge in [0.05, 0.1) is 12.3 Å². The first-order valence-electron chi connectivity index (χ1n) is 7.94. The van der Waals surface area contributed by atoms with Crippen molar-refractivity contribution < 1.29 is 4.74 Å². The summed E-state index contributed by atoms with van der Waals surface area (Å²) in [4.78, 5) is 4.40. The van der Waals surface area contributed by atoms with E-state index in [1.807, 2.05) is 12.1 Å². The molecule has 128 valence electrons. The Hall–Kier alpha value is -1.63. The molecule has 1 aliphatic heterocycles. The molecule has 0 radical (unpaired) electrons. The third-order valence-electron chi connectivity index (χ3n) is 3.79. The zero-order valence-electron chi connectivity index (χ0n) is 13.1. The van der Waals surface area contributed by atoms with Crippen LogP contribution in [0.4, 0.5) is 11.8 Å². The normalized spacial score (nSPS) is 17.0. The van der Waals surface area contributed by atoms with Gasteiger partial charge in [-0.1, -0.05) is 29.3 Å². The van der Waals surface area contributed by atoms with Crippen LogP contribution in [0.1, 0.15) is 18.4 Å². The number of rotatable bonds is 7. The highest BCUT2D eigenvalue weighted by Crippen LogP contribution is 2.21. The summed E-state index contributed by atoms with van der Waals surface area (Å²) < 4.78 is 5.57. The van der Waals surface area contributed by atoms with Crippen LogP contribution in [0.25, 0.3) is 0 Å². The number of nitrogens with one attached hydrogen (secondary N) is 2. The summed E-state index contributed by atoms with van der Waals surface area (Å²) >= 11 is 12.1. The van der Waals surface area contributed by atoms with Crippen LogP contribution in [-0.2, 0) is 11.2 Å². The summed E-state index contributed by atoms with van der Waals surface area (Å²) in [5.74, 6) is 1.17. The average Bonchev–Trinajstić information content (AvgIpc) is 3.09. The molecule has 1 unspecified atom stereocenters. The summed E-state index contributed by atoms with van der Waals surface area (Å²) in [5, 5.41) is 15.6. The molecule has 1 aromatic heterocycles. The van der Waals surface area contributed by atoms with Crippen molar-refractivity contribution in [1.29, 1.82) is 0 Å². The van der Waals surface area contributed by atoms with Crippen molar-refractivity contribution in [3.05, 3.63) is 40.0 Å². The second-order valence-electron chi connectivity index (χ2n) is 5.59. The number of benzene rings is 1. The van der Waals surface area contributed by atoms with E-state index in [0.29, 0.717) is 28.4 Å². The first-order valence-corrected chi connectivity index (χ1v) is 8.69. The lowest BCUT2D eigenvalue weighted by molar-refractivity contribution is 0.120. The summed E-state index contributed by atoms with van der Waals surface area (Å²) in [5.41, 5.74) is 1.02. The summed E-state index contributed by atoms with van der Waals surface area (Å²) in [7, 11) is 0. The van der Waals surface area contributed by atoms with E-state index in [9.17, 15) is 0 Å². The molecule has 1 saturated heterocycles. The molecule has 8 heteroatoms. The molecule has 2 N–H and O–H groups in total. The minimum atomic E-state index is 0.253. The highest BCUT2D eigenvalue weighted by atomic mass is 35.5. The van der Waals surface area contributed by atoms with Gasteiger partial charge in [-0.3, -0.25) is 0 Å².